The highest BCUT2D eigenvalue weighted by Gasteiger charge is 2.39. The number of hydrazine groups is 1. The van der Waals surface area contributed by atoms with Crippen molar-refractivity contribution in [3.05, 3.63) is 59.0 Å². The lowest BCUT2D eigenvalue weighted by molar-refractivity contribution is -0.137. The molecular formula is C19H22ClN3O3. The van der Waals surface area contributed by atoms with Gasteiger partial charge in [0.1, 0.15) is 11.8 Å². The largest absolute Gasteiger partial charge is 0.468 e. The predicted octanol–water partition coefficient (Wildman–Crippen LogP) is 2.35. The quantitative estimate of drug-likeness (QED) is 0.767. The van der Waals surface area contributed by atoms with Gasteiger partial charge in [-0.2, -0.15) is 0 Å². The van der Waals surface area contributed by atoms with Crippen LogP contribution in [0.1, 0.15) is 36.6 Å². The molecule has 2 saturated heterocycles. The van der Waals surface area contributed by atoms with E-state index in [4.69, 9.17) is 16.0 Å². The minimum absolute atomic E-state index is 0.00487. The second-order valence-corrected chi connectivity index (χ2v) is 7.45. The van der Waals surface area contributed by atoms with Gasteiger partial charge in [-0.15, -0.1) is 0 Å². The highest BCUT2D eigenvalue weighted by molar-refractivity contribution is 6.30. The summed E-state index contributed by atoms with van der Waals surface area (Å²) in [7, 11) is 0. The van der Waals surface area contributed by atoms with Gasteiger partial charge in [0.15, 0.2) is 0 Å². The van der Waals surface area contributed by atoms with E-state index >= 15 is 0 Å². The number of rotatable bonds is 3. The minimum Gasteiger partial charge on any atom is -0.468 e. The zero-order chi connectivity index (χ0) is 18.1. The Morgan fingerprint density at radius 3 is 2.58 bits per heavy atom. The third-order valence-corrected chi connectivity index (χ3v) is 5.62. The van der Waals surface area contributed by atoms with Crippen LogP contribution in [0, 0.1) is 0 Å². The maximum Gasteiger partial charge on any atom is 0.241 e. The number of halogens is 1. The molecule has 0 radical (unpaired) electrons. The topological polar surface area (TPSA) is 77.7 Å². The average Bonchev–Trinajstić information content (AvgIpc) is 3.34. The molecule has 2 aliphatic heterocycles. The molecule has 1 aromatic heterocycles. The van der Waals surface area contributed by atoms with Gasteiger partial charge in [0.25, 0.3) is 0 Å². The Hall–Kier alpha value is -1.86. The SMILES string of the molecule is O=C(C1CC(c2ccco2)NN1)N1CCC(O)(c2ccc(Cl)cc2)CC1. The predicted molar refractivity (Wildman–Crippen MR) is 97.3 cm³/mol. The van der Waals surface area contributed by atoms with Gasteiger partial charge in [-0.3, -0.25) is 4.79 Å². The molecular weight excluding hydrogens is 354 g/mol. The number of likely N-dealkylation sites (tertiary alicyclic amines) is 1. The fraction of sp³-hybridized carbons (Fsp3) is 0.421. The molecule has 26 heavy (non-hydrogen) atoms. The Morgan fingerprint density at radius 1 is 1.19 bits per heavy atom. The van der Waals surface area contributed by atoms with Crippen LogP contribution in [0.15, 0.2) is 47.1 Å². The molecule has 2 aliphatic rings. The summed E-state index contributed by atoms with van der Waals surface area (Å²) < 4.78 is 5.41. The van der Waals surface area contributed by atoms with Gasteiger partial charge in [0.2, 0.25) is 5.91 Å². The number of aliphatic hydroxyl groups is 1. The molecule has 3 N–H and O–H groups in total. The Balaban J connectivity index is 1.36. The maximum absolute atomic E-state index is 12.8. The summed E-state index contributed by atoms with van der Waals surface area (Å²) in [5, 5.41) is 11.6. The van der Waals surface area contributed by atoms with Crippen LogP contribution in [0.3, 0.4) is 0 Å². The summed E-state index contributed by atoms with van der Waals surface area (Å²) in [6.45, 7) is 1.06. The Labute approximate surface area is 157 Å². The molecule has 0 aliphatic carbocycles. The molecule has 1 aromatic carbocycles. The van der Waals surface area contributed by atoms with Crippen molar-refractivity contribution in [2.45, 2.75) is 36.9 Å². The normalized spacial score (nSPS) is 25.4. The third kappa shape index (κ3) is 3.38. The minimum atomic E-state index is -0.903. The summed E-state index contributed by atoms with van der Waals surface area (Å²) in [5.41, 5.74) is 6.15. The van der Waals surface area contributed by atoms with E-state index in [0.29, 0.717) is 37.4 Å². The molecule has 2 aromatic rings. The van der Waals surface area contributed by atoms with E-state index in [1.165, 1.54) is 0 Å². The van der Waals surface area contributed by atoms with E-state index in [1.807, 2.05) is 29.2 Å². The van der Waals surface area contributed by atoms with Crippen molar-refractivity contribution < 1.29 is 14.3 Å². The molecule has 3 heterocycles. The fourth-order valence-electron chi connectivity index (χ4n) is 3.76. The number of benzene rings is 1. The first-order valence-corrected chi connectivity index (χ1v) is 9.25. The monoisotopic (exact) mass is 375 g/mol. The van der Waals surface area contributed by atoms with Gasteiger partial charge in [0.05, 0.1) is 17.9 Å². The number of hydrogen-bond acceptors (Lipinski definition) is 5. The Kier molecular flexibility index (Phi) is 4.75. The number of nitrogens with zero attached hydrogens (tertiary/aromatic N) is 1. The zero-order valence-electron chi connectivity index (χ0n) is 14.3. The second-order valence-electron chi connectivity index (χ2n) is 7.01. The van der Waals surface area contributed by atoms with Crippen molar-refractivity contribution in [3.8, 4) is 0 Å². The van der Waals surface area contributed by atoms with Gasteiger partial charge in [-0.1, -0.05) is 23.7 Å². The average molecular weight is 376 g/mol. The fourth-order valence-corrected chi connectivity index (χ4v) is 3.89. The molecule has 2 unspecified atom stereocenters. The zero-order valence-corrected chi connectivity index (χ0v) is 15.1. The number of carbonyl (C=O) groups is 1. The lowest BCUT2D eigenvalue weighted by atomic mass is 9.84. The van der Waals surface area contributed by atoms with Gasteiger partial charge in [-0.05, 0) is 49.1 Å². The van der Waals surface area contributed by atoms with Gasteiger partial charge in [0, 0.05) is 18.1 Å². The lowest BCUT2D eigenvalue weighted by Gasteiger charge is -2.39. The standard InChI is InChI=1S/C19H22ClN3O3/c20-14-5-3-13(4-6-14)19(25)7-9-23(10-8-19)18(24)16-12-15(21-22-16)17-2-1-11-26-17/h1-6,11,15-16,21-22,25H,7-10,12H2. The first-order valence-electron chi connectivity index (χ1n) is 8.87. The summed E-state index contributed by atoms with van der Waals surface area (Å²) in [6.07, 6.45) is 3.31. The molecule has 1 amide bonds. The number of hydrogen-bond donors (Lipinski definition) is 3. The molecule has 6 nitrogen and oxygen atoms in total. The smallest absolute Gasteiger partial charge is 0.241 e. The summed E-state index contributed by atoms with van der Waals surface area (Å²) in [5.74, 6) is 0.883. The van der Waals surface area contributed by atoms with E-state index in [1.54, 1.807) is 18.4 Å². The molecule has 2 atom stereocenters. The summed E-state index contributed by atoms with van der Waals surface area (Å²) >= 11 is 5.93. The number of amides is 1. The van der Waals surface area contributed by atoms with Crippen LogP contribution >= 0.6 is 11.6 Å². The van der Waals surface area contributed by atoms with Crippen molar-refractivity contribution in [1.82, 2.24) is 15.8 Å². The van der Waals surface area contributed by atoms with Crippen molar-refractivity contribution >= 4 is 17.5 Å². The first kappa shape index (κ1) is 17.5. The molecule has 0 bridgehead atoms. The highest BCUT2D eigenvalue weighted by atomic mass is 35.5. The number of piperidine rings is 1. The molecule has 7 heteroatoms. The number of carbonyl (C=O) groups excluding carboxylic acids is 1. The molecule has 0 spiro atoms. The van der Waals surface area contributed by atoms with Crippen molar-refractivity contribution in [1.29, 1.82) is 0 Å². The molecule has 138 valence electrons. The van der Waals surface area contributed by atoms with Gasteiger partial charge in [-0.25, -0.2) is 10.9 Å². The second kappa shape index (κ2) is 7.04. The van der Waals surface area contributed by atoms with E-state index in [-0.39, 0.29) is 18.0 Å². The van der Waals surface area contributed by atoms with E-state index < -0.39 is 5.60 Å². The van der Waals surface area contributed by atoms with Crippen LogP contribution in [0.2, 0.25) is 5.02 Å². The van der Waals surface area contributed by atoms with Gasteiger partial charge < -0.3 is 14.4 Å². The van der Waals surface area contributed by atoms with Crippen LogP contribution in [-0.2, 0) is 10.4 Å². The van der Waals surface area contributed by atoms with Gasteiger partial charge >= 0.3 is 0 Å². The Bertz CT molecular complexity index is 755. The highest BCUT2D eigenvalue weighted by Crippen LogP contribution is 2.34. The summed E-state index contributed by atoms with van der Waals surface area (Å²) in [4.78, 5) is 14.6. The van der Waals surface area contributed by atoms with Crippen LogP contribution in [0.4, 0.5) is 0 Å². The van der Waals surface area contributed by atoms with Crippen LogP contribution in [-0.4, -0.2) is 35.0 Å². The van der Waals surface area contributed by atoms with Crippen LogP contribution in [0.25, 0.3) is 0 Å². The molecule has 4 rings (SSSR count). The molecule has 0 saturated carbocycles. The Morgan fingerprint density at radius 2 is 1.92 bits per heavy atom. The van der Waals surface area contributed by atoms with Crippen molar-refractivity contribution in [2.75, 3.05) is 13.1 Å². The van der Waals surface area contributed by atoms with Crippen LogP contribution < -0.4 is 10.9 Å². The van der Waals surface area contributed by atoms with E-state index in [0.717, 1.165) is 11.3 Å². The summed E-state index contributed by atoms with van der Waals surface area (Å²) in [6, 6.07) is 10.7. The van der Waals surface area contributed by atoms with Crippen molar-refractivity contribution in [2.24, 2.45) is 0 Å². The van der Waals surface area contributed by atoms with Crippen molar-refractivity contribution in [3.63, 3.8) is 0 Å². The first-order chi connectivity index (χ1) is 12.5. The third-order valence-electron chi connectivity index (χ3n) is 5.37. The van der Waals surface area contributed by atoms with E-state index in [9.17, 15) is 9.90 Å². The van der Waals surface area contributed by atoms with Crippen LogP contribution in [0.5, 0.6) is 0 Å². The maximum atomic E-state index is 12.8. The van der Waals surface area contributed by atoms with E-state index in [2.05, 4.69) is 10.9 Å². The number of furan rings is 1. The lowest BCUT2D eigenvalue weighted by Crippen LogP contribution is -2.51. The number of nitrogens with one attached hydrogen (secondary N) is 2. The molecule has 2 fully saturated rings.